The second-order valence-corrected chi connectivity index (χ2v) is 5.41. The van der Waals surface area contributed by atoms with Crippen molar-refractivity contribution in [2.45, 2.75) is 19.0 Å². The number of nitrogens with one attached hydrogen (secondary N) is 1. The van der Waals surface area contributed by atoms with Crippen LogP contribution in [0.3, 0.4) is 0 Å². The molecular weight excluding hydrogens is 286 g/mol. The maximum Gasteiger partial charge on any atom is 0.234 e. The van der Waals surface area contributed by atoms with Crippen molar-refractivity contribution in [1.82, 2.24) is 9.97 Å². The summed E-state index contributed by atoms with van der Waals surface area (Å²) in [5.41, 5.74) is 2.46. The number of thioether (sulfide) groups is 1. The van der Waals surface area contributed by atoms with E-state index in [-0.39, 0.29) is 11.7 Å². The van der Waals surface area contributed by atoms with Gasteiger partial charge in [0.25, 0.3) is 0 Å². The highest BCUT2D eigenvalue weighted by Crippen LogP contribution is 2.23. The lowest BCUT2D eigenvalue weighted by atomic mass is 10.3. The Morgan fingerprint density at radius 2 is 1.90 bits per heavy atom. The highest BCUT2D eigenvalue weighted by molar-refractivity contribution is 7.99. The van der Waals surface area contributed by atoms with Crippen LogP contribution in [0.15, 0.2) is 35.5 Å². The standard InChI is InChI=1S/C15H17N3O2S/c1-10-8-11(2)17-15(16-10)21-9-14(19)18-12-6-4-5-7-13(12)20-3/h4-8H,9H2,1-3H3,(H,18,19). The quantitative estimate of drug-likeness (QED) is 0.679. The predicted octanol–water partition coefficient (Wildman–Crippen LogP) is 2.83. The molecule has 2 rings (SSSR count). The molecule has 0 saturated heterocycles. The highest BCUT2D eigenvalue weighted by Gasteiger charge is 2.09. The van der Waals surface area contributed by atoms with E-state index in [0.717, 1.165) is 11.4 Å². The van der Waals surface area contributed by atoms with Crippen molar-refractivity contribution in [3.05, 3.63) is 41.7 Å². The first-order valence-electron chi connectivity index (χ1n) is 6.46. The molecule has 110 valence electrons. The van der Waals surface area contributed by atoms with Crippen LogP contribution < -0.4 is 10.1 Å². The van der Waals surface area contributed by atoms with Crippen molar-refractivity contribution in [3.63, 3.8) is 0 Å². The third-order valence-electron chi connectivity index (χ3n) is 2.68. The van der Waals surface area contributed by atoms with Gasteiger partial charge in [0, 0.05) is 11.4 Å². The number of rotatable bonds is 5. The number of amides is 1. The zero-order valence-corrected chi connectivity index (χ0v) is 13.0. The fourth-order valence-corrected chi connectivity index (χ4v) is 2.57. The average molecular weight is 303 g/mol. The summed E-state index contributed by atoms with van der Waals surface area (Å²) in [5, 5.41) is 3.43. The van der Waals surface area contributed by atoms with Crippen LogP contribution in [-0.4, -0.2) is 28.7 Å². The Kier molecular flexibility index (Phi) is 5.16. The second kappa shape index (κ2) is 7.08. The minimum Gasteiger partial charge on any atom is -0.495 e. The highest BCUT2D eigenvalue weighted by atomic mass is 32.2. The number of methoxy groups -OCH3 is 1. The molecule has 0 aliphatic carbocycles. The molecule has 1 N–H and O–H groups in total. The van der Waals surface area contributed by atoms with Gasteiger partial charge in [-0.3, -0.25) is 4.79 Å². The number of nitrogens with zero attached hydrogens (tertiary/aromatic N) is 2. The Morgan fingerprint density at radius 3 is 2.57 bits per heavy atom. The van der Waals surface area contributed by atoms with Gasteiger partial charge < -0.3 is 10.1 Å². The van der Waals surface area contributed by atoms with E-state index in [4.69, 9.17) is 4.74 Å². The van der Waals surface area contributed by atoms with Gasteiger partial charge in [0.1, 0.15) is 5.75 Å². The molecule has 1 amide bonds. The van der Waals surface area contributed by atoms with Crippen molar-refractivity contribution >= 4 is 23.4 Å². The molecule has 21 heavy (non-hydrogen) atoms. The first kappa shape index (κ1) is 15.3. The number of aryl methyl sites for hydroxylation is 2. The summed E-state index contributed by atoms with van der Waals surface area (Å²) in [6.07, 6.45) is 0. The summed E-state index contributed by atoms with van der Waals surface area (Å²) in [6.45, 7) is 3.82. The van der Waals surface area contributed by atoms with E-state index in [1.165, 1.54) is 11.8 Å². The molecular formula is C15H17N3O2S. The van der Waals surface area contributed by atoms with E-state index in [1.807, 2.05) is 32.0 Å². The molecule has 6 heteroatoms. The molecule has 5 nitrogen and oxygen atoms in total. The van der Waals surface area contributed by atoms with Crippen LogP contribution in [0.5, 0.6) is 5.75 Å². The molecule has 0 radical (unpaired) electrons. The van der Waals surface area contributed by atoms with E-state index in [0.29, 0.717) is 16.6 Å². The Hall–Kier alpha value is -2.08. The normalized spacial score (nSPS) is 10.2. The number of carbonyl (C=O) groups excluding carboxylic acids is 1. The first-order chi connectivity index (χ1) is 10.1. The number of ether oxygens (including phenoxy) is 1. The van der Waals surface area contributed by atoms with Crippen LogP contribution in [0.25, 0.3) is 0 Å². The number of anilines is 1. The van der Waals surface area contributed by atoms with Crippen molar-refractivity contribution in [3.8, 4) is 5.75 Å². The molecule has 1 aromatic heterocycles. The maximum atomic E-state index is 12.0. The lowest BCUT2D eigenvalue weighted by Gasteiger charge is -2.09. The molecule has 0 aliphatic heterocycles. The van der Waals surface area contributed by atoms with Crippen molar-refractivity contribution in [2.24, 2.45) is 0 Å². The lowest BCUT2D eigenvalue weighted by molar-refractivity contribution is -0.113. The van der Waals surface area contributed by atoms with Gasteiger partial charge in [0.15, 0.2) is 5.16 Å². The fourth-order valence-electron chi connectivity index (χ4n) is 1.82. The molecule has 1 heterocycles. The third-order valence-corrected chi connectivity index (χ3v) is 3.52. The maximum absolute atomic E-state index is 12.0. The zero-order chi connectivity index (χ0) is 15.2. The topological polar surface area (TPSA) is 64.1 Å². The predicted molar refractivity (Wildman–Crippen MR) is 83.9 cm³/mol. The summed E-state index contributed by atoms with van der Waals surface area (Å²) in [5.74, 6) is 0.770. The van der Waals surface area contributed by atoms with Gasteiger partial charge in [-0.05, 0) is 32.0 Å². The van der Waals surface area contributed by atoms with Crippen LogP contribution >= 0.6 is 11.8 Å². The number of hydrogen-bond acceptors (Lipinski definition) is 5. The molecule has 1 aromatic carbocycles. The smallest absolute Gasteiger partial charge is 0.234 e. The minimum absolute atomic E-state index is 0.118. The van der Waals surface area contributed by atoms with Gasteiger partial charge >= 0.3 is 0 Å². The van der Waals surface area contributed by atoms with Crippen LogP contribution in [0, 0.1) is 13.8 Å². The van der Waals surface area contributed by atoms with Gasteiger partial charge in [0.2, 0.25) is 5.91 Å². The van der Waals surface area contributed by atoms with Gasteiger partial charge in [0.05, 0.1) is 18.6 Å². The molecule has 0 fully saturated rings. The zero-order valence-electron chi connectivity index (χ0n) is 12.2. The Balaban J connectivity index is 1.96. The SMILES string of the molecule is COc1ccccc1NC(=O)CSc1nc(C)cc(C)n1. The van der Waals surface area contributed by atoms with Gasteiger partial charge in [-0.25, -0.2) is 9.97 Å². The molecule has 0 atom stereocenters. The van der Waals surface area contributed by atoms with Gasteiger partial charge in [-0.2, -0.15) is 0 Å². The van der Waals surface area contributed by atoms with E-state index < -0.39 is 0 Å². The monoisotopic (exact) mass is 303 g/mol. The second-order valence-electron chi connectivity index (χ2n) is 4.47. The third kappa shape index (κ3) is 4.46. The Labute approximate surface area is 128 Å². The number of aromatic nitrogens is 2. The van der Waals surface area contributed by atoms with Crippen LogP contribution in [0.1, 0.15) is 11.4 Å². The van der Waals surface area contributed by atoms with Crippen LogP contribution in [-0.2, 0) is 4.79 Å². The minimum atomic E-state index is -0.118. The summed E-state index contributed by atoms with van der Waals surface area (Å²) in [4.78, 5) is 20.6. The molecule has 0 bridgehead atoms. The van der Waals surface area contributed by atoms with Crippen molar-refractivity contribution < 1.29 is 9.53 Å². The van der Waals surface area contributed by atoms with E-state index in [9.17, 15) is 4.79 Å². The summed E-state index contributed by atoms with van der Waals surface area (Å²) < 4.78 is 5.19. The molecule has 0 spiro atoms. The van der Waals surface area contributed by atoms with Crippen molar-refractivity contribution in [1.29, 1.82) is 0 Å². The van der Waals surface area contributed by atoms with E-state index in [2.05, 4.69) is 15.3 Å². The number of para-hydroxylation sites is 2. The van der Waals surface area contributed by atoms with E-state index in [1.54, 1.807) is 19.2 Å². The molecule has 0 unspecified atom stereocenters. The first-order valence-corrected chi connectivity index (χ1v) is 7.45. The number of benzene rings is 1. The number of hydrogen-bond donors (Lipinski definition) is 1. The number of carbonyl (C=O) groups is 1. The molecule has 0 saturated carbocycles. The largest absolute Gasteiger partial charge is 0.495 e. The lowest BCUT2D eigenvalue weighted by Crippen LogP contribution is -2.15. The van der Waals surface area contributed by atoms with Crippen LogP contribution in [0.2, 0.25) is 0 Å². The molecule has 0 aliphatic rings. The average Bonchev–Trinajstić information content (AvgIpc) is 2.45. The summed E-state index contributed by atoms with van der Waals surface area (Å²) in [6, 6.07) is 9.20. The van der Waals surface area contributed by atoms with Gasteiger partial charge in [-0.1, -0.05) is 23.9 Å². The Bertz CT molecular complexity index is 626. The Morgan fingerprint density at radius 1 is 1.24 bits per heavy atom. The van der Waals surface area contributed by atoms with Crippen molar-refractivity contribution in [2.75, 3.05) is 18.2 Å². The van der Waals surface area contributed by atoms with Gasteiger partial charge in [-0.15, -0.1) is 0 Å². The van der Waals surface area contributed by atoms with E-state index >= 15 is 0 Å². The fraction of sp³-hybridized carbons (Fsp3) is 0.267. The molecule has 2 aromatic rings. The summed E-state index contributed by atoms with van der Waals surface area (Å²) in [7, 11) is 1.57. The van der Waals surface area contributed by atoms with Crippen LogP contribution in [0.4, 0.5) is 5.69 Å². The summed E-state index contributed by atoms with van der Waals surface area (Å²) >= 11 is 1.31.